The number of hydrogen-bond acceptors (Lipinski definition) is 6. The number of carbonyl (C=O) groups excluding carboxylic acids is 1. The van der Waals surface area contributed by atoms with Crippen molar-refractivity contribution in [2.24, 2.45) is 5.10 Å². The van der Waals surface area contributed by atoms with Crippen molar-refractivity contribution in [2.75, 3.05) is 40.0 Å². The van der Waals surface area contributed by atoms with Gasteiger partial charge < -0.3 is 14.2 Å². The summed E-state index contributed by atoms with van der Waals surface area (Å²) in [5.74, 6) is -0.160. The molecule has 8 heteroatoms. The van der Waals surface area contributed by atoms with E-state index in [2.05, 4.69) is 15.4 Å². The molecule has 3 rings (SSSR count). The van der Waals surface area contributed by atoms with Gasteiger partial charge in [-0.3, -0.25) is 9.69 Å². The summed E-state index contributed by atoms with van der Waals surface area (Å²) in [5.41, 5.74) is 4.99. The van der Waals surface area contributed by atoms with Crippen LogP contribution < -0.4 is 14.9 Å². The maximum Gasteiger partial charge on any atom is 0.277 e. The van der Waals surface area contributed by atoms with Gasteiger partial charge in [0.2, 0.25) is 0 Å². The average molecular weight is 415 g/mol. The zero-order valence-electron chi connectivity index (χ0n) is 17.2. The van der Waals surface area contributed by atoms with Crippen LogP contribution in [0.5, 0.6) is 11.5 Å². The number of rotatable bonds is 8. The summed E-state index contributed by atoms with van der Waals surface area (Å²) >= 11 is 0. The van der Waals surface area contributed by atoms with Crippen LogP contribution in [0.1, 0.15) is 18.1 Å². The van der Waals surface area contributed by atoms with Gasteiger partial charge in [0.05, 0.1) is 26.0 Å². The van der Waals surface area contributed by atoms with Gasteiger partial charge in [0.15, 0.2) is 18.2 Å². The predicted octanol–water partition coefficient (Wildman–Crippen LogP) is 2.59. The van der Waals surface area contributed by atoms with Crippen LogP contribution in [0.2, 0.25) is 0 Å². The zero-order valence-corrected chi connectivity index (χ0v) is 17.2. The maximum atomic E-state index is 13.5. The fraction of sp³-hybridized carbons (Fsp3) is 0.364. The van der Waals surface area contributed by atoms with E-state index in [4.69, 9.17) is 14.2 Å². The number of halogens is 1. The lowest BCUT2D eigenvalue weighted by Crippen LogP contribution is -2.35. The lowest BCUT2D eigenvalue weighted by molar-refractivity contribution is -0.123. The normalized spacial score (nSPS) is 15.0. The molecule has 1 fully saturated rings. The maximum absolute atomic E-state index is 13.5. The van der Waals surface area contributed by atoms with Crippen molar-refractivity contribution in [3.8, 4) is 11.5 Å². The molecule has 2 aromatic carbocycles. The van der Waals surface area contributed by atoms with Crippen LogP contribution >= 0.6 is 0 Å². The van der Waals surface area contributed by atoms with Gasteiger partial charge in [-0.25, -0.2) is 9.82 Å². The zero-order chi connectivity index (χ0) is 21.3. The third kappa shape index (κ3) is 6.01. The standard InChI is InChI=1S/C22H26FN3O4/c1-16(24-25-22(27)15-30-21-6-4-3-5-19(21)23)17-7-8-20(28-2)18(13-17)14-26-9-11-29-12-10-26/h3-8,13H,9-12,14-15H2,1-2H3,(H,25,27)/b24-16-. The second kappa shape index (κ2) is 10.7. The first-order chi connectivity index (χ1) is 14.6. The molecule has 0 aromatic heterocycles. The molecule has 160 valence electrons. The molecule has 1 aliphatic heterocycles. The average Bonchev–Trinajstić information content (AvgIpc) is 2.77. The summed E-state index contributed by atoms with van der Waals surface area (Å²) in [6.45, 7) is 5.42. The van der Waals surface area contributed by atoms with Gasteiger partial charge >= 0.3 is 0 Å². The molecule has 1 saturated heterocycles. The van der Waals surface area contributed by atoms with Crippen LogP contribution in [0.15, 0.2) is 47.6 Å². The van der Waals surface area contributed by atoms with Crippen molar-refractivity contribution in [2.45, 2.75) is 13.5 Å². The SMILES string of the molecule is COc1ccc(/C(C)=N\NC(=O)COc2ccccc2F)cc1CN1CCOCC1. The fourth-order valence-electron chi connectivity index (χ4n) is 3.08. The van der Waals surface area contributed by atoms with Crippen molar-refractivity contribution in [1.29, 1.82) is 0 Å². The second-order valence-electron chi connectivity index (χ2n) is 6.87. The smallest absolute Gasteiger partial charge is 0.277 e. The Morgan fingerprint density at radius 1 is 1.20 bits per heavy atom. The van der Waals surface area contributed by atoms with Gasteiger partial charge in [0, 0.05) is 25.2 Å². The van der Waals surface area contributed by atoms with E-state index in [9.17, 15) is 9.18 Å². The van der Waals surface area contributed by atoms with Crippen LogP contribution in [0.4, 0.5) is 4.39 Å². The van der Waals surface area contributed by atoms with Gasteiger partial charge in [-0.15, -0.1) is 0 Å². The molecular weight excluding hydrogens is 389 g/mol. The second-order valence-corrected chi connectivity index (χ2v) is 6.87. The molecular formula is C22H26FN3O4. The molecule has 1 heterocycles. The number of nitrogens with one attached hydrogen (secondary N) is 1. The number of morpholine rings is 1. The lowest BCUT2D eigenvalue weighted by atomic mass is 10.1. The Labute approximate surface area is 175 Å². The van der Waals surface area contributed by atoms with Crippen LogP contribution in [-0.2, 0) is 16.1 Å². The number of hydrogen-bond donors (Lipinski definition) is 1. The van der Waals surface area contributed by atoms with Gasteiger partial charge in [0.25, 0.3) is 5.91 Å². The van der Waals surface area contributed by atoms with E-state index in [1.54, 1.807) is 26.2 Å². The molecule has 0 atom stereocenters. The van der Waals surface area contributed by atoms with Crippen LogP contribution in [-0.4, -0.2) is 56.5 Å². The number of methoxy groups -OCH3 is 1. The Hall–Kier alpha value is -2.97. The van der Waals surface area contributed by atoms with E-state index in [0.29, 0.717) is 5.71 Å². The van der Waals surface area contributed by atoms with Crippen molar-refractivity contribution >= 4 is 11.6 Å². The Bertz CT molecular complexity index is 898. The molecule has 1 aliphatic rings. The summed E-state index contributed by atoms with van der Waals surface area (Å²) in [6, 6.07) is 11.7. The van der Waals surface area contributed by atoms with Crippen LogP contribution in [0, 0.1) is 5.82 Å². The number of ether oxygens (including phenoxy) is 3. The van der Waals surface area contributed by atoms with Crippen molar-refractivity contribution in [3.63, 3.8) is 0 Å². The minimum absolute atomic E-state index is 0.0243. The number of nitrogens with zero attached hydrogens (tertiary/aromatic N) is 2. The summed E-state index contributed by atoms with van der Waals surface area (Å²) < 4.78 is 29.6. The van der Waals surface area contributed by atoms with Crippen molar-refractivity contribution in [1.82, 2.24) is 10.3 Å². The van der Waals surface area contributed by atoms with E-state index in [-0.39, 0.29) is 12.4 Å². The number of para-hydroxylation sites is 1. The van der Waals surface area contributed by atoms with Crippen molar-refractivity contribution in [3.05, 3.63) is 59.4 Å². The van der Waals surface area contributed by atoms with E-state index in [0.717, 1.165) is 49.7 Å². The molecule has 0 saturated carbocycles. The Morgan fingerprint density at radius 3 is 2.70 bits per heavy atom. The highest BCUT2D eigenvalue weighted by Crippen LogP contribution is 2.22. The number of carbonyl (C=O) groups is 1. The van der Waals surface area contributed by atoms with Crippen LogP contribution in [0.3, 0.4) is 0 Å². The molecule has 2 aromatic rings. The van der Waals surface area contributed by atoms with Crippen molar-refractivity contribution < 1.29 is 23.4 Å². The molecule has 1 amide bonds. The number of hydrazone groups is 1. The van der Waals surface area contributed by atoms with E-state index in [1.165, 1.54) is 12.1 Å². The fourth-order valence-corrected chi connectivity index (χ4v) is 3.08. The highest BCUT2D eigenvalue weighted by Gasteiger charge is 2.14. The summed E-state index contributed by atoms with van der Waals surface area (Å²) in [7, 11) is 1.65. The minimum Gasteiger partial charge on any atom is -0.496 e. The Morgan fingerprint density at radius 2 is 1.97 bits per heavy atom. The van der Waals surface area contributed by atoms with Gasteiger partial charge in [0.1, 0.15) is 5.75 Å². The van der Waals surface area contributed by atoms with Gasteiger partial charge in [-0.05, 0) is 42.8 Å². The first-order valence-corrected chi connectivity index (χ1v) is 9.74. The Balaban J connectivity index is 1.61. The molecule has 1 N–H and O–H groups in total. The van der Waals surface area contributed by atoms with Gasteiger partial charge in [-0.1, -0.05) is 12.1 Å². The predicted molar refractivity (Wildman–Crippen MR) is 111 cm³/mol. The largest absolute Gasteiger partial charge is 0.496 e. The van der Waals surface area contributed by atoms with Crippen LogP contribution in [0.25, 0.3) is 0 Å². The van der Waals surface area contributed by atoms with E-state index in [1.807, 2.05) is 18.2 Å². The number of benzene rings is 2. The first kappa shape index (κ1) is 21.7. The monoisotopic (exact) mass is 415 g/mol. The molecule has 0 unspecified atom stereocenters. The van der Waals surface area contributed by atoms with E-state index >= 15 is 0 Å². The summed E-state index contributed by atoms with van der Waals surface area (Å²) in [5, 5.41) is 4.14. The third-order valence-electron chi connectivity index (χ3n) is 4.74. The molecule has 30 heavy (non-hydrogen) atoms. The molecule has 0 bridgehead atoms. The molecule has 0 aliphatic carbocycles. The molecule has 0 spiro atoms. The molecule has 0 radical (unpaired) electrons. The quantitative estimate of drug-likeness (QED) is 0.530. The summed E-state index contributed by atoms with van der Waals surface area (Å²) in [6.07, 6.45) is 0. The molecule has 7 nitrogen and oxygen atoms in total. The first-order valence-electron chi connectivity index (χ1n) is 9.74. The topological polar surface area (TPSA) is 72.4 Å². The minimum atomic E-state index is -0.518. The number of amides is 1. The highest BCUT2D eigenvalue weighted by atomic mass is 19.1. The Kier molecular flexibility index (Phi) is 7.75. The lowest BCUT2D eigenvalue weighted by Gasteiger charge is -2.27. The third-order valence-corrected chi connectivity index (χ3v) is 4.74. The summed E-state index contributed by atoms with van der Waals surface area (Å²) in [4.78, 5) is 14.3. The van der Waals surface area contributed by atoms with Gasteiger partial charge in [-0.2, -0.15) is 5.10 Å². The van der Waals surface area contributed by atoms with E-state index < -0.39 is 11.7 Å². The highest BCUT2D eigenvalue weighted by molar-refractivity contribution is 5.99.